The largest absolute Gasteiger partial charge is 0.392 e. The molecule has 0 spiro atoms. The number of hydrogen-bond donors (Lipinski definition) is 3. The molecule has 0 aliphatic carbocycles. The average molecular weight is 383 g/mol. The number of nitrogens with zero attached hydrogens (tertiary/aromatic N) is 1. The standard InChI is InChI=1S/C20H21N3O3S/c1-11-5-4-6-17(13(11)3)23-19(26)15-8-7-14(9-16(15)22-20(23)27)18(25)21-10-12(2)24/h4-9,12,24H,10H2,1-3H3,(H,21,25)(H,22,27). The van der Waals surface area contributed by atoms with Gasteiger partial charge in [0.25, 0.3) is 11.5 Å². The molecule has 3 rings (SSSR count). The summed E-state index contributed by atoms with van der Waals surface area (Å²) in [5, 5.41) is 12.4. The predicted molar refractivity (Wildman–Crippen MR) is 108 cm³/mol. The molecular weight excluding hydrogens is 362 g/mol. The Balaban J connectivity index is 2.12. The molecule has 0 fully saturated rings. The molecule has 0 radical (unpaired) electrons. The zero-order valence-corrected chi connectivity index (χ0v) is 16.2. The fourth-order valence-corrected chi connectivity index (χ4v) is 3.19. The van der Waals surface area contributed by atoms with Gasteiger partial charge in [0.1, 0.15) is 0 Å². The second-order valence-corrected chi connectivity index (χ2v) is 7.00. The Labute approximate surface area is 161 Å². The molecule has 2 aromatic carbocycles. The van der Waals surface area contributed by atoms with Gasteiger partial charge in [-0.3, -0.25) is 14.2 Å². The van der Waals surface area contributed by atoms with E-state index in [-0.39, 0.29) is 22.8 Å². The van der Waals surface area contributed by atoms with Crippen molar-refractivity contribution in [1.82, 2.24) is 14.9 Å². The van der Waals surface area contributed by atoms with Crippen molar-refractivity contribution in [2.24, 2.45) is 0 Å². The van der Waals surface area contributed by atoms with Crippen molar-refractivity contribution in [3.05, 3.63) is 68.2 Å². The van der Waals surface area contributed by atoms with Gasteiger partial charge in [-0.15, -0.1) is 0 Å². The third-order valence-electron chi connectivity index (χ3n) is 4.53. The highest BCUT2D eigenvalue weighted by atomic mass is 32.1. The van der Waals surface area contributed by atoms with E-state index in [1.165, 1.54) is 4.57 Å². The molecule has 0 aliphatic heterocycles. The van der Waals surface area contributed by atoms with Crippen LogP contribution in [0, 0.1) is 18.6 Å². The maximum atomic E-state index is 13.1. The van der Waals surface area contributed by atoms with Crippen LogP contribution in [-0.2, 0) is 0 Å². The van der Waals surface area contributed by atoms with E-state index in [0.717, 1.165) is 16.8 Å². The number of carbonyl (C=O) groups excluding carboxylic acids is 1. The summed E-state index contributed by atoms with van der Waals surface area (Å²) >= 11 is 5.42. The summed E-state index contributed by atoms with van der Waals surface area (Å²) < 4.78 is 1.75. The highest BCUT2D eigenvalue weighted by molar-refractivity contribution is 7.71. The number of amides is 1. The molecule has 1 heterocycles. The lowest BCUT2D eigenvalue weighted by atomic mass is 10.1. The number of aromatic nitrogens is 2. The summed E-state index contributed by atoms with van der Waals surface area (Å²) in [5.41, 5.74) is 3.43. The Morgan fingerprint density at radius 1 is 1.30 bits per heavy atom. The van der Waals surface area contributed by atoms with Gasteiger partial charge in [-0.05, 0) is 68.4 Å². The van der Waals surface area contributed by atoms with Crippen LogP contribution in [-0.4, -0.2) is 33.2 Å². The lowest BCUT2D eigenvalue weighted by molar-refractivity contribution is 0.0924. The van der Waals surface area contributed by atoms with E-state index < -0.39 is 6.10 Å². The minimum Gasteiger partial charge on any atom is -0.392 e. The zero-order chi connectivity index (χ0) is 19.7. The average Bonchev–Trinajstić information content (AvgIpc) is 2.62. The second kappa shape index (κ2) is 7.46. The van der Waals surface area contributed by atoms with Gasteiger partial charge in [0, 0.05) is 12.1 Å². The van der Waals surface area contributed by atoms with Crippen molar-refractivity contribution >= 4 is 29.0 Å². The quantitative estimate of drug-likeness (QED) is 0.605. The van der Waals surface area contributed by atoms with Crippen molar-refractivity contribution in [3.8, 4) is 5.69 Å². The van der Waals surface area contributed by atoms with Crippen molar-refractivity contribution in [1.29, 1.82) is 0 Å². The number of nitrogens with one attached hydrogen (secondary N) is 2. The van der Waals surface area contributed by atoms with E-state index in [1.807, 2.05) is 32.0 Å². The molecule has 27 heavy (non-hydrogen) atoms. The molecule has 1 atom stereocenters. The number of aliphatic hydroxyl groups excluding tert-OH is 1. The van der Waals surface area contributed by atoms with Crippen molar-refractivity contribution in [2.75, 3.05) is 6.54 Å². The van der Waals surface area contributed by atoms with Crippen LogP contribution in [0.4, 0.5) is 0 Å². The van der Waals surface area contributed by atoms with Crippen LogP contribution >= 0.6 is 12.2 Å². The number of benzene rings is 2. The number of aromatic amines is 1. The Bertz CT molecular complexity index is 1150. The Kier molecular flexibility index (Phi) is 5.25. The molecule has 0 saturated carbocycles. The molecule has 0 bridgehead atoms. The summed E-state index contributed by atoms with van der Waals surface area (Å²) in [5.74, 6) is -0.323. The number of fused-ring (bicyclic) bond motifs is 1. The third-order valence-corrected chi connectivity index (χ3v) is 4.82. The van der Waals surface area contributed by atoms with E-state index >= 15 is 0 Å². The number of hydrogen-bond acceptors (Lipinski definition) is 4. The molecule has 7 heteroatoms. The van der Waals surface area contributed by atoms with Crippen LogP contribution in [0.1, 0.15) is 28.4 Å². The molecule has 1 unspecified atom stereocenters. The smallest absolute Gasteiger partial charge is 0.266 e. The van der Waals surface area contributed by atoms with E-state index in [4.69, 9.17) is 12.2 Å². The van der Waals surface area contributed by atoms with E-state index in [2.05, 4.69) is 10.3 Å². The van der Waals surface area contributed by atoms with Crippen molar-refractivity contribution in [2.45, 2.75) is 26.9 Å². The van der Waals surface area contributed by atoms with Crippen LogP contribution in [0.3, 0.4) is 0 Å². The van der Waals surface area contributed by atoms with E-state index in [9.17, 15) is 14.7 Å². The fourth-order valence-electron chi connectivity index (χ4n) is 2.90. The minimum atomic E-state index is -0.634. The lowest BCUT2D eigenvalue weighted by Gasteiger charge is -2.13. The summed E-state index contributed by atoms with van der Waals surface area (Å²) in [7, 11) is 0. The van der Waals surface area contributed by atoms with E-state index in [0.29, 0.717) is 16.5 Å². The molecule has 6 nitrogen and oxygen atoms in total. The van der Waals surface area contributed by atoms with Crippen molar-refractivity contribution in [3.63, 3.8) is 0 Å². The topological polar surface area (TPSA) is 87.1 Å². The van der Waals surface area contributed by atoms with Crippen LogP contribution in [0.2, 0.25) is 0 Å². The van der Waals surface area contributed by atoms with Gasteiger partial charge in [-0.25, -0.2) is 0 Å². The summed E-state index contributed by atoms with van der Waals surface area (Å²) in [6, 6.07) is 10.5. The van der Waals surface area contributed by atoms with Crippen LogP contribution in [0.5, 0.6) is 0 Å². The van der Waals surface area contributed by atoms with Gasteiger partial charge in [0.05, 0.1) is 22.7 Å². The van der Waals surface area contributed by atoms with Gasteiger partial charge in [0.15, 0.2) is 4.77 Å². The SMILES string of the molecule is Cc1cccc(-n2c(=S)[nH]c3cc(C(=O)NCC(C)O)ccc3c2=O)c1C. The first kappa shape index (κ1) is 19.0. The molecule has 1 amide bonds. The zero-order valence-electron chi connectivity index (χ0n) is 15.4. The minimum absolute atomic E-state index is 0.154. The van der Waals surface area contributed by atoms with Gasteiger partial charge in [-0.2, -0.15) is 0 Å². The lowest BCUT2D eigenvalue weighted by Crippen LogP contribution is -2.30. The number of aliphatic hydroxyl groups is 1. The van der Waals surface area contributed by atoms with Gasteiger partial charge < -0.3 is 15.4 Å². The first-order valence-electron chi connectivity index (χ1n) is 8.61. The first-order chi connectivity index (χ1) is 12.8. The monoisotopic (exact) mass is 383 g/mol. The second-order valence-electron chi connectivity index (χ2n) is 6.61. The van der Waals surface area contributed by atoms with Crippen LogP contribution in [0.25, 0.3) is 16.6 Å². The summed E-state index contributed by atoms with van der Waals surface area (Å²) in [4.78, 5) is 28.3. The Morgan fingerprint density at radius 2 is 2.04 bits per heavy atom. The van der Waals surface area contributed by atoms with Gasteiger partial charge in [-0.1, -0.05) is 12.1 Å². The number of aryl methyl sites for hydroxylation is 1. The number of rotatable bonds is 4. The molecule has 3 aromatic rings. The van der Waals surface area contributed by atoms with Crippen LogP contribution in [0.15, 0.2) is 41.2 Å². The molecule has 0 aliphatic rings. The Hall–Kier alpha value is -2.77. The molecule has 140 valence electrons. The number of carbonyl (C=O) groups is 1. The van der Waals surface area contributed by atoms with E-state index in [1.54, 1.807) is 25.1 Å². The normalized spacial score (nSPS) is 12.1. The third kappa shape index (κ3) is 3.70. The maximum Gasteiger partial charge on any atom is 0.266 e. The number of H-pyrrole nitrogens is 1. The predicted octanol–water partition coefficient (Wildman–Crippen LogP) is 2.78. The highest BCUT2D eigenvalue weighted by Crippen LogP contribution is 2.18. The fraction of sp³-hybridized carbons (Fsp3) is 0.250. The summed E-state index contributed by atoms with van der Waals surface area (Å²) in [6.07, 6.45) is -0.634. The van der Waals surface area contributed by atoms with Gasteiger partial charge in [0.2, 0.25) is 0 Å². The molecule has 0 saturated heterocycles. The molecular formula is C20H21N3O3S. The van der Waals surface area contributed by atoms with Crippen LogP contribution < -0.4 is 10.9 Å². The highest BCUT2D eigenvalue weighted by Gasteiger charge is 2.13. The maximum absolute atomic E-state index is 13.1. The Morgan fingerprint density at radius 3 is 2.74 bits per heavy atom. The van der Waals surface area contributed by atoms with Gasteiger partial charge >= 0.3 is 0 Å². The summed E-state index contributed by atoms with van der Waals surface area (Å²) in [6.45, 7) is 5.68. The first-order valence-corrected chi connectivity index (χ1v) is 9.02. The molecule has 1 aromatic heterocycles. The molecule has 3 N–H and O–H groups in total. The van der Waals surface area contributed by atoms with Crippen molar-refractivity contribution < 1.29 is 9.90 Å².